The van der Waals surface area contributed by atoms with E-state index in [-0.39, 0.29) is 0 Å². The molecule has 0 bridgehead atoms. The van der Waals surface area contributed by atoms with Crippen LogP contribution >= 0.6 is 0 Å². The molecule has 1 nitrogen and oxygen atoms in total. The van der Waals surface area contributed by atoms with Gasteiger partial charge in [0.2, 0.25) is 0 Å². The van der Waals surface area contributed by atoms with Gasteiger partial charge in [-0.1, -0.05) is 57.3 Å². The third kappa shape index (κ3) is 13.3. The Morgan fingerprint density at radius 2 is 1.67 bits per heavy atom. The van der Waals surface area contributed by atoms with E-state index in [1.165, 1.54) is 44.9 Å². The molecule has 0 aliphatic heterocycles. The Hall–Kier alpha value is -0.720. The van der Waals surface area contributed by atoms with Crippen LogP contribution in [0, 0.1) is 0 Å². The summed E-state index contributed by atoms with van der Waals surface area (Å²) in [6, 6.07) is 0. The van der Waals surface area contributed by atoms with Gasteiger partial charge in [-0.3, -0.25) is 0 Å². The molecule has 0 rings (SSSR count). The first-order valence-electron chi connectivity index (χ1n) is 6.29. The van der Waals surface area contributed by atoms with Crippen molar-refractivity contribution in [3.63, 3.8) is 0 Å². The van der Waals surface area contributed by atoms with Gasteiger partial charge in [-0.15, -0.1) is 0 Å². The summed E-state index contributed by atoms with van der Waals surface area (Å²) >= 11 is 0. The molecule has 1 heteroatoms. The number of ether oxygens (including phenoxy) is 1. The van der Waals surface area contributed by atoms with E-state index in [1.807, 2.05) is 13.0 Å². The predicted octanol–water partition coefficient (Wildman–Crippen LogP) is 4.84. The van der Waals surface area contributed by atoms with Crippen molar-refractivity contribution < 1.29 is 4.74 Å². The molecule has 0 aromatic rings. The average molecular weight is 210 g/mol. The van der Waals surface area contributed by atoms with Crippen molar-refractivity contribution in [2.24, 2.45) is 0 Å². The highest BCUT2D eigenvalue weighted by Gasteiger charge is 1.87. The maximum Gasteiger partial charge on any atom is 0.105 e. The van der Waals surface area contributed by atoms with Gasteiger partial charge in [-0.25, -0.2) is 0 Å². The Morgan fingerprint density at radius 3 is 2.40 bits per heavy atom. The maximum atomic E-state index is 5.18. The summed E-state index contributed by atoms with van der Waals surface area (Å²) in [6.45, 7) is 4.92. The molecule has 0 atom stereocenters. The average Bonchev–Trinajstić information content (AvgIpc) is 2.26. The van der Waals surface area contributed by atoms with E-state index in [2.05, 4.69) is 19.1 Å². The first kappa shape index (κ1) is 14.3. The molecule has 0 aromatic heterocycles. The van der Waals surface area contributed by atoms with Crippen molar-refractivity contribution in [3.8, 4) is 0 Å². The van der Waals surface area contributed by atoms with E-state index in [1.54, 1.807) is 6.26 Å². The summed E-state index contributed by atoms with van der Waals surface area (Å²) in [7, 11) is 0. The smallest absolute Gasteiger partial charge is 0.105 e. The molecule has 0 aromatic carbocycles. The largest absolute Gasteiger partial charge is 0.497 e. The van der Waals surface area contributed by atoms with Crippen LogP contribution in [0.1, 0.15) is 58.8 Å². The third-order valence-corrected chi connectivity index (χ3v) is 2.32. The van der Waals surface area contributed by atoms with E-state index in [4.69, 9.17) is 4.74 Å². The van der Waals surface area contributed by atoms with Crippen molar-refractivity contribution in [1.82, 2.24) is 0 Å². The van der Waals surface area contributed by atoms with Crippen LogP contribution in [-0.2, 0) is 4.74 Å². The fourth-order valence-corrected chi connectivity index (χ4v) is 1.44. The SMILES string of the molecule is C/C=C/OC/C=C/CCCCCCCC. The standard InChI is InChI=1S/C14H26O/c1-3-5-6-7-8-9-10-11-12-14-15-13-4-2/h4,11-13H,3,5-10,14H2,1-2H3/b12-11+,13-4+. The van der Waals surface area contributed by atoms with Gasteiger partial charge in [-0.05, 0) is 19.8 Å². The van der Waals surface area contributed by atoms with Gasteiger partial charge in [0, 0.05) is 0 Å². The molecule has 0 radical (unpaired) electrons. The minimum absolute atomic E-state index is 0.709. The summed E-state index contributed by atoms with van der Waals surface area (Å²) in [6.07, 6.45) is 17.4. The van der Waals surface area contributed by atoms with Crippen molar-refractivity contribution >= 4 is 0 Å². The molecule has 0 fully saturated rings. The molecule has 0 amide bonds. The highest BCUT2D eigenvalue weighted by Crippen LogP contribution is 2.06. The monoisotopic (exact) mass is 210 g/mol. The van der Waals surface area contributed by atoms with E-state index in [9.17, 15) is 0 Å². The van der Waals surface area contributed by atoms with Gasteiger partial charge >= 0.3 is 0 Å². The lowest BCUT2D eigenvalue weighted by Gasteiger charge is -1.97. The molecule has 0 unspecified atom stereocenters. The van der Waals surface area contributed by atoms with Crippen molar-refractivity contribution in [3.05, 3.63) is 24.5 Å². The zero-order chi connectivity index (χ0) is 11.2. The molecule has 0 saturated heterocycles. The summed E-state index contributed by atoms with van der Waals surface area (Å²) < 4.78 is 5.18. The lowest BCUT2D eigenvalue weighted by molar-refractivity contribution is 0.289. The minimum Gasteiger partial charge on any atom is -0.497 e. The Balaban J connectivity index is 3.03. The molecule has 0 spiro atoms. The fourth-order valence-electron chi connectivity index (χ4n) is 1.44. The minimum atomic E-state index is 0.709. The summed E-state index contributed by atoms with van der Waals surface area (Å²) in [5, 5.41) is 0. The number of hydrogen-bond acceptors (Lipinski definition) is 1. The maximum absolute atomic E-state index is 5.18. The van der Waals surface area contributed by atoms with Crippen LogP contribution in [0.4, 0.5) is 0 Å². The van der Waals surface area contributed by atoms with Crippen LogP contribution in [0.15, 0.2) is 24.5 Å². The van der Waals surface area contributed by atoms with Crippen LogP contribution in [-0.4, -0.2) is 6.61 Å². The Bertz CT molecular complexity index is 159. The Kier molecular flexibility index (Phi) is 12.6. The van der Waals surface area contributed by atoms with Crippen LogP contribution in [0.3, 0.4) is 0 Å². The topological polar surface area (TPSA) is 9.23 Å². The first-order chi connectivity index (χ1) is 7.41. The lowest BCUT2D eigenvalue weighted by atomic mass is 10.1. The van der Waals surface area contributed by atoms with Crippen molar-refractivity contribution in [2.45, 2.75) is 58.8 Å². The second kappa shape index (κ2) is 13.3. The molecular formula is C14H26O. The molecule has 0 heterocycles. The van der Waals surface area contributed by atoms with E-state index < -0.39 is 0 Å². The van der Waals surface area contributed by atoms with Gasteiger partial charge in [0.25, 0.3) is 0 Å². The van der Waals surface area contributed by atoms with Crippen LogP contribution in [0.5, 0.6) is 0 Å². The van der Waals surface area contributed by atoms with Crippen LogP contribution in [0.25, 0.3) is 0 Å². The first-order valence-corrected chi connectivity index (χ1v) is 6.29. The van der Waals surface area contributed by atoms with Gasteiger partial charge in [0.05, 0.1) is 6.26 Å². The third-order valence-electron chi connectivity index (χ3n) is 2.32. The second-order valence-corrected chi connectivity index (χ2v) is 3.83. The highest BCUT2D eigenvalue weighted by atomic mass is 16.5. The van der Waals surface area contributed by atoms with Crippen molar-refractivity contribution in [2.75, 3.05) is 6.61 Å². The van der Waals surface area contributed by atoms with E-state index >= 15 is 0 Å². The van der Waals surface area contributed by atoms with Gasteiger partial charge in [0.15, 0.2) is 0 Å². The summed E-state index contributed by atoms with van der Waals surface area (Å²) in [5.74, 6) is 0. The molecular weight excluding hydrogens is 184 g/mol. The molecule has 0 aliphatic rings. The summed E-state index contributed by atoms with van der Waals surface area (Å²) in [5.41, 5.74) is 0. The molecule has 0 saturated carbocycles. The normalized spacial score (nSPS) is 11.6. The van der Waals surface area contributed by atoms with E-state index in [0.29, 0.717) is 6.61 Å². The number of allylic oxidation sites excluding steroid dienone is 2. The number of hydrogen-bond donors (Lipinski definition) is 0. The molecule has 0 aliphatic carbocycles. The molecule has 88 valence electrons. The van der Waals surface area contributed by atoms with Gasteiger partial charge in [0.1, 0.15) is 6.61 Å². The van der Waals surface area contributed by atoms with Crippen molar-refractivity contribution in [1.29, 1.82) is 0 Å². The highest BCUT2D eigenvalue weighted by molar-refractivity contribution is 4.82. The van der Waals surface area contributed by atoms with E-state index in [0.717, 1.165) is 0 Å². The zero-order valence-corrected chi connectivity index (χ0v) is 10.4. The lowest BCUT2D eigenvalue weighted by Crippen LogP contribution is -1.81. The van der Waals surface area contributed by atoms with Gasteiger partial charge in [-0.2, -0.15) is 0 Å². The number of rotatable bonds is 10. The quantitative estimate of drug-likeness (QED) is 0.285. The molecule has 15 heavy (non-hydrogen) atoms. The number of unbranched alkanes of at least 4 members (excludes halogenated alkanes) is 6. The molecule has 0 N–H and O–H groups in total. The second-order valence-electron chi connectivity index (χ2n) is 3.83. The Labute approximate surface area is 95.2 Å². The fraction of sp³-hybridized carbons (Fsp3) is 0.714. The van der Waals surface area contributed by atoms with Gasteiger partial charge < -0.3 is 4.74 Å². The Morgan fingerprint density at radius 1 is 0.933 bits per heavy atom. The summed E-state index contributed by atoms with van der Waals surface area (Å²) in [4.78, 5) is 0. The van der Waals surface area contributed by atoms with Crippen LogP contribution in [0.2, 0.25) is 0 Å². The zero-order valence-electron chi connectivity index (χ0n) is 10.4. The van der Waals surface area contributed by atoms with Crippen LogP contribution < -0.4 is 0 Å². The predicted molar refractivity (Wildman–Crippen MR) is 67.9 cm³/mol.